The average molecular weight is 1620 g/mol. The second kappa shape index (κ2) is 46.9. The number of aromatic carboxylic acids is 2. The molecule has 9 rings (SSSR count). The SMILES string of the molecule is CN(C)c1ccc2c(-c3ccc(C(=O)CCCCCCN)cc3C(=O)O)c3ccc(=[N+](C)C)cc-3oc2c1.COC(=O)C(=CC=CN(C)C)C=[N+](C)C.COC(=O)c1ccc[n+](CCCCCCC(=O)c2ccc(-c3c4ccc(=[N+](C)C)cc-4oc4cc(N(C)C)ccc34)c(C(=O)[O-])c2)c1.CS(=O)(=O)O.Cl.FB(F)F.[Cl-].[F-]. The number of anilines is 2. The first kappa shape index (κ1) is 97.5. The topological polar surface area (TPSA) is 293 Å². The molecule has 31 heteroatoms. The van der Waals surface area contributed by atoms with Gasteiger partial charge in [0.05, 0.1) is 44.1 Å². The molecule has 0 amide bonds. The number of nitrogens with two attached hydrogens (primary N) is 1. The molecular weight excluding hydrogens is 1510 g/mol. The Hall–Kier alpha value is -10.6. The molecule has 0 saturated heterocycles. The van der Waals surface area contributed by atoms with Crippen molar-refractivity contribution in [3.63, 3.8) is 0 Å². The molecule has 0 unspecified atom stereocenters. The number of ether oxygens (including phenoxy) is 2. The lowest BCUT2D eigenvalue weighted by Crippen LogP contribution is -3.00. The van der Waals surface area contributed by atoms with Gasteiger partial charge < -0.3 is 70.9 Å². The molecule has 0 bridgehead atoms. The van der Waals surface area contributed by atoms with Crippen LogP contribution in [0.5, 0.6) is 0 Å². The molecule has 2 aliphatic heterocycles. The van der Waals surface area contributed by atoms with Gasteiger partial charge in [0, 0.05) is 153 Å². The van der Waals surface area contributed by atoms with Crippen LogP contribution in [0, 0.1) is 0 Å². The number of pyridine rings is 1. The number of methoxy groups -OCH3 is 2. The van der Waals surface area contributed by atoms with Gasteiger partial charge in [-0.1, -0.05) is 43.5 Å². The number of carboxylic acid groups (broad SMARTS) is 2. The number of esters is 2. The molecule has 0 radical (unpaired) electrons. The van der Waals surface area contributed by atoms with Crippen molar-refractivity contribution < 1.29 is 109 Å². The molecule has 604 valence electrons. The Morgan fingerprint density at radius 2 is 1.05 bits per heavy atom. The third kappa shape index (κ3) is 29.9. The summed E-state index contributed by atoms with van der Waals surface area (Å²) < 4.78 is 84.8. The number of carboxylic acids is 2. The average Bonchev–Trinajstić information content (AvgIpc) is 0.750. The monoisotopic (exact) mass is 1610 g/mol. The van der Waals surface area contributed by atoms with Crippen LogP contribution in [0.2, 0.25) is 0 Å². The number of carbonyl (C=O) groups is 6. The quantitative estimate of drug-likeness (QED) is 0.00550. The van der Waals surface area contributed by atoms with Gasteiger partial charge in [-0.2, -0.15) is 8.42 Å². The fourth-order valence-corrected chi connectivity index (χ4v) is 11.4. The maximum atomic E-state index is 13.2. The van der Waals surface area contributed by atoms with E-state index in [-0.39, 0.29) is 64.2 Å². The van der Waals surface area contributed by atoms with Crippen LogP contribution in [0.1, 0.15) is 116 Å². The number of halogens is 6. The lowest BCUT2D eigenvalue weighted by Gasteiger charge is -2.20. The third-order valence-corrected chi connectivity index (χ3v) is 16.8. The van der Waals surface area contributed by atoms with E-state index in [1.165, 1.54) is 26.4 Å². The van der Waals surface area contributed by atoms with Gasteiger partial charge in [0.1, 0.15) is 82.7 Å². The third-order valence-electron chi connectivity index (χ3n) is 16.8. The standard InChI is InChI=1S/C38H40N3O6.C31H35N3O4.C11H19N2O2.CH4O3S.BF3.2ClH.FH/c1-39(2)27-14-17-30-34(22-27)47-35-23-28(40(3)4)15-18-31(35)36(30)29-16-13-25(21-32(29)37(43)44)33(42)12-8-6-7-9-19-41-20-10-11-26(24-41)38(45)46-5;1-33(2)21-11-14-24-28(18-21)38-29-19-22(34(3)4)12-15-25(29)30(24)23-13-10-20(17-26(23)31(36)37)27(35)9-7-5-6-8-16-32;1-12(2)8-6-7-10(9-13(3)4)11(14)15-5;1-5(2,3)4;2-1(3)4;;;/h10-11,13-18,20-24H,6-9,12,19H2,1-5H3;10-15,17-19H,5-9,16,32H2,1-4H3;6-9H,1-5H3;1H3,(H,2,3,4);;3*1H/q+1;;+1;;;;;/p-1. The number of allylic oxidation sites excluding steroid dienone is 2. The van der Waals surface area contributed by atoms with Gasteiger partial charge in [0.2, 0.25) is 10.7 Å². The molecule has 112 heavy (non-hydrogen) atoms. The maximum absolute atomic E-state index is 13.2. The summed E-state index contributed by atoms with van der Waals surface area (Å²) in [7, 11) is 18.6. The minimum atomic E-state index is -3.67. The number of benzene rings is 6. The van der Waals surface area contributed by atoms with Crippen LogP contribution in [0.4, 0.5) is 24.3 Å². The smallest absolute Gasteiger partial charge is 0.762 e. The van der Waals surface area contributed by atoms with Crippen LogP contribution < -0.4 is 62.2 Å². The number of ketones is 2. The first-order valence-electron chi connectivity index (χ1n) is 34.9. The lowest BCUT2D eigenvalue weighted by atomic mass is 9.89. The minimum absolute atomic E-state index is 0. The molecule has 4 aliphatic rings. The Balaban J connectivity index is 0.000000583. The number of hydrogen-bond donors (Lipinski definition) is 3. The Labute approximate surface area is 663 Å². The number of aryl methyl sites for hydroxylation is 1. The van der Waals surface area contributed by atoms with E-state index >= 15 is 0 Å². The Kier molecular flexibility index (Phi) is 40.9. The molecule has 5 aromatic rings. The number of hydrogen-bond acceptors (Lipinski definition) is 17. The van der Waals surface area contributed by atoms with Gasteiger partial charge in [-0.15, -0.1) is 12.4 Å². The zero-order chi connectivity index (χ0) is 81.0. The van der Waals surface area contributed by atoms with Gasteiger partial charge in [-0.3, -0.25) is 27.1 Å². The van der Waals surface area contributed by atoms with Crippen molar-refractivity contribution in [1.29, 1.82) is 0 Å². The summed E-state index contributed by atoms with van der Waals surface area (Å²) in [4.78, 5) is 80.1. The van der Waals surface area contributed by atoms with Gasteiger partial charge in [0.15, 0.2) is 30.2 Å². The molecular formula is C81H100BCl2F4N8O15S+. The highest BCUT2D eigenvalue weighted by atomic mass is 35.5. The molecule has 0 fully saturated rings. The summed E-state index contributed by atoms with van der Waals surface area (Å²) in [6.07, 6.45) is 19.2. The molecule has 3 heterocycles. The van der Waals surface area contributed by atoms with Crippen LogP contribution in [-0.2, 0) is 30.9 Å². The fourth-order valence-electron chi connectivity index (χ4n) is 11.4. The van der Waals surface area contributed by atoms with E-state index in [1.54, 1.807) is 59.5 Å². The summed E-state index contributed by atoms with van der Waals surface area (Å²) in [6, 6.07) is 37.0. The van der Waals surface area contributed by atoms with Crippen molar-refractivity contribution >= 4 is 105 Å². The zero-order valence-corrected chi connectivity index (χ0v) is 68.1. The molecule has 4 N–H and O–H groups in total. The van der Waals surface area contributed by atoms with E-state index in [4.69, 9.17) is 23.9 Å². The molecule has 2 aliphatic carbocycles. The summed E-state index contributed by atoms with van der Waals surface area (Å²) in [5.41, 5.74) is 14.7. The summed E-state index contributed by atoms with van der Waals surface area (Å²) >= 11 is 0. The van der Waals surface area contributed by atoms with Crippen LogP contribution in [-0.4, -0.2) is 188 Å². The molecule has 4 aromatic carbocycles. The van der Waals surface area contributed by atoms with E-state index in [0.29, 0.717) is 93.7 Å². The molecule has 0 saturated carbocycles. The van der Waals surface area contributed by atoms with Gasteiger partial charge in [-0.25, -0.2) is 32.7 Å². The fraction of sp³-hybridized carbons (Fsp3) is 0.333. The second-order valence-corrected chi connectivity index (χ2v) is 28.1. The number of rotatable bonds is 26. The summed E-state index contributed by atoms with van der Waals surface area (Å²) in [5, 5.41) is 26.3. The number of unbranched alkanes of at least 4 members (excludes halogenated alkanes) is 6. The molecule has 1 aromatic heterocycles. The lowest BCUT2D eigenvalue weighted by molar-refractivity contribution is -0.697. The van der Waals surface area contributed by atoms with E-state index < -0.39 is 29.6 Å². The number of Topliss-reactive ketones (excluding diaryl/α,β-unsaturated/α-hetero) is 2. The number of fused-ring (bicyclic) bond motifs is 4. The van der Waals surface area contributed by atoms with Gasteiger partial charge in [0.25, 0.3) is 10.1 Å². The highest BCUT2D eigenvalue weighted by Crippen LogP contribution is 2.44. The summed E-state index contributed by atoms with van der Waals surface area (Å²) in [5.74, 6) is -2.01. The van der Waals surface area contributed by atoms with Crippen molar-refractivity contribution in [2.45, 2.75) is 70.8 Å². The second-order valence-electron chi connectivity index (χ2n) is 26.6. The Morgan fingerprint density at radius 3 is 1.46 bits per heavy atom. The summed E-state index contributed by atoms with van der Waals surface area (Å²) in [6.45, 7) is 1.40. The van der Waals surface area contributed by atoms with Crippen LogP contribution >= 0.6 is 12.4 Å². The first-order chi connectivity index (χ1) is 51.5. The van der Waals surface area contributed by atoms with Crippen molar-refractivity contribution in [2.24, 2.45) is 5.73 Å². The molecule has 0 spiro atoms. The van der Waals surface area contributed by atoms with Crippen molar-refractivity contribution in [3.8, 4) is 44.9 Å². The number of aromatic nitrogens is 1. The van der Waals surface area contributed by atoms with Crippen molar-refractivity contribution in [3.05, 3.63) is 196 Å². The van der Waals surface area contributed by atoms with Crippen LogP contribution in [0.3, 0.4) is 0 Å². The highest BCUT2D eigenvalue weighted by Gasteiger charge is 2.26. The van der Waals surface area contributed by atoms with Crippen molar-refractivity contribution in [2.75, 3.05) is 121 Å². The predicted molar refractivity (Wildman–Crippen MR) is 427 cm³/mol. The maximum Gasteiger partial charge on any atom is 0.762 e. The Morgan fingerprint density at radius 1 is 0.616 bits per heavy atom. The molecule has 0 atom stereocenters. The van der Waals surface area contributed by atoms with Crippen molar-refractivity contribution in [1.82, 2.24) is 14.1 Å². The first-order valence-corrected chi connectivity index (χ1v) is 36.8. The zero-order valence-electron chi connectivity index (χ0n) is 65.7. The largest absolute Gasteiger partial charge is 1.00 e. The van der Waals surface area contributed by atoms with Crippen LogP contribution in [0.25, 0.3) is 66.8 Å². The number of carbonyl (C=O) groups excluding carboxylic acids is 5. The number of nitrogens with zero attached hydrogens (tertiary/aromatic N) is 7. The normalized spacial score (nSPS) is 10.7. The van der Waals surface area contributed by atoms with E-state index in [0.717, 1.165) is 101 Å². The van der Waals surface area contributed by atoms with E-state index in [9.17, 15) is 60.3 Å². The Bertz CT molecular complexity index is 5010. The minimum Gasteiger partial charge on any atom is -1.00 e. The van der Waals surface area contributed by atoms with Gasteiger partial charge >= 0.3 is 25.5 Å². The molecule has 23 nitrogen and oxygen atoms in total. The van der Waals surface area contributed by atoms with Gasteiger partial charge in [-0.05, 0) is 116 Å². The van der Waals surface area contributed by atoms with Crippen LogP contribution in [0.15, 0.2) is 166 Å². The van der Waals surface area contributed by atoms with E-state index in [2.05, 4.69) is 4.74 Å². The highest BCUT2D eigenvalue weighted by molar-refractivity contribution is 7.85. The van der Waals surface area contributed by atoms with E-state index in [1.807, 2.05) is 204 Å². The predicted octanol–water partition coefficient (Wildman–Crippen LogP) is 4.98.